The summed E-state index contributed by atoms with van der Waals surface area (Å²) in [5.41, 5.74) is 11.7. The second-order valence-electron chi connectivity index (χ2n) is 12.9. The second kappa shape index (κ2) is 12.3. The van der Waals surface area contributed by atoms with Crippen LogP contribution in [0.25, 0.3) is 22.5 Å². The molecule has 2 heteroatoms. The van der Waals surface area contributed by atoms with Gasteiger partial charge < -0.3 is 0 Å². The zero-order valence-electron chi connectivity index (χ0n) is 27.5. The SMILES string of the molecule is c1ccc(-c2cccc(C3(c4cccc(-c5ccccc5)n4)c4ccccc4C(c4ccccc4)(c4ccccc4)c4ccccc43)n2)cc1. The maximum Gasteiger partial charge on any atom is 0.105 e. The van der Waals surface area contributed by atoms with E-state index in [0.29, 0.717) is 0 Å². The van der Waals surface area contributed by atoms with Crippen LogP contribution in [0.4, 0.5) is 0 Å². The molecule has 0 amide bonds. The summed E-state index contributed by atoms with van der Waals surface area (Å²) in [6, 6.07) is 73.7. The monoisotopic (exact) mass is 638 g/mol. The molecule has 0 radical (unpaired) electrons. The molecule has 8 aromatic rings. The molecule has 0 fully saturated rings. The fourth-order valence-electron chi connectivity index (χ4n) is 8.24. The lowest BCUT2D eigenvalue weighted by Gasteiger charge is -2.50. The van der Waals surface area contributed by atoms with E-state index in [0.717, 1.165) is 33.9 Å². The number of pyridine rings is 2. The molecule has 1 aliphatic carbocycles. The van der Waals surface area contributed by atoms with Crippen LogP contribution in [0.5, 0.6) is 0 Å². The summed E-state index contributed by atoms with van der Waals surface area (Å²) in [5, 5.41) is 0. The molecule has 0 saturated carbocycles. The highest BCUT2D eigenvalue weighted by atomic mass is 14.8. The Balaban J connectivity index is 1.45. The first-order valence-corrected chi connectivity index (χ1v) is 17.2. The maximum absolute atomic E-state index is 5.57. The van der Waals surface area contributed by atoms with Gasteiger partial charge in [-0.2, -0.15) is 0 Å². The van der Waals surface area contributed by atoms with Crippen molar-refractivity contribution in [1.82, 2.24) is 9.97 Å². The van der Waals surface area contributed by atoms with Crippen molar-refractivity contribution < 1.29 is 0 Å². The van der Waals surface area contributed by atoms with Crippen LogP contribution in [0.1, 0.15) is 44.8 Å². The van der Waals surface area contributed by atoms with Gasteiger partial charge in [-0.05, 0) is 57.6 Å². The van der Waals surface area contributed by atoms with Crippen molar-refractivity contribution in [3.05, 3.63) is 251 Å². The molecule has 6 aromatic carbocycles. The van der Waals surface area contributed by atoms with Gasteiger partial charge in [0.2, 0.25) is 0 Å². The first-order chi connectivity index (χ1) is 24.8. The molecule has 0 unspecified atom stereocenters. The van der Waals surface area contributed by atoms with Crippen LogP contribution < -0.4 is 0 Å². The first-order valence-electron chi connectivity index (χ1n) is 17.2. The maximum atomic E-state index is 5.57. The van der Waals surface area contributed by atoms with E-state index < -0.39 is 10.8 Å². The van der Waals surface area contributed by atoms with Gasteiger partial charge in [0.15, 0.2) is 0 Å². The molecule has 2 heterocycles. The van der Waals surface area contributed by atoms with Crippen LogP contribution in [0.3, 0.4) is 0 Å². The molecular formula is C48H34N2. The zero-order chi connectivity index (χ0) is 33.4. The highest BCUT2D eigenvalue weighted by Gasteiger charge is 2.55. The van der Waals surface area contributed by atoms with Crippen molar-refractivity contribution >= 4 is 0 Å². The molecule has 0 aliphatic heterocycles. The van der Waals surface area contributed by atoms with Crippen molar-refractivity contribution in [2.24, 2.45) is 0 Å². The minimum Gasteiger partial charge on any atom is -0.251 e. The summed E-state index contributed by atoms with van der Waals surface area (Å²) < 4.78 is 0. The summed E-state index contributed by atoms with van der Waals surface area (Å²) in [5.74, 6) is 0. The van der Waals surface area contributed by atoms with Gasteiger partial charge in [-0.15, -0.1) is 0 Å². The van der Waals surface area contributed by atoms with Gasteiger partial charge in [0.25, 0.3) is 0 Å². The van der Waals surface area contributed by atoms with E-state index in [2.05, 4.69) is 194 Å². The van der Waals surface area contributed by atoms with E-state index in [1.54, 1.807) is 0 Å². The minimum absolute atomic E-state index is 0.590. The Morgan fingerprint density at radius 2 is 0.580 bits per heavy atom. The van der Waals surface area contributed by atoms with Gasteiger partial charge in [-0.3, -0.25) is 9.97 Å². The zero-order valence-corrected chi connectivity index (χ0v) is 27.5. The molecule has 9 rings (SSSR count). The van der Waals surface area contributed by atoms with Gasteiger partial charge in [-0.25, -0.2) is 0 Å². The van der Waals surface area contributed by atoms with Gasteiger partial charge in [0.1, 0.15) is 5.41 Å². The van der Waals surface area contributed by atoms with Gasteiger partial charge in [-0.1, -0.05) is 182 Å². The van der Waals surface area contributed by atoms with E-state index in [4.69, 9.17) is 9.97 Å². The van der Waals surface area contributed by atoms with Crippen molar-refractivity contribution in [2.75, 3.05) is 0 Å². The Morgan fingerprint density at radius 1 is 0.260 bits per heavy atom. The van der Waals surface area contributed by atoms with Crippen LogP contribution in [-0.4, -0.2) is 9.97 Å². The Bertz CT molecular complexity index is 2250. The predicted molar refractivity (Wildman–Crippen MR) is 203 cm³/mol. The van der Waals surface area contributed by atoms with Crippen molar-refractivity contribution in [1.29, 1.82) is 0 Å². The number of nitrogens with zero attached hydrogens (tertiary/aromatic N) is 2. The topological polar surface area (TPSA) is 25.8 Å². The van der Waals surface area contributed by atoms with Crippen LogP contribution in [-0.2, 0) is 10.8 Å². The molecule has 1 aliphatic rings. The molecule has 0 bridgehead atoms. The van der Waals surface area contributed by atoms with E-state index in [9.17, 15) is 0 Å². The fraction of sp³-hybridized carbons (Fsp3) is 0.0417. The average molecular weight is 639 g/mol. The quantitative estimate of drug-likeness (QED) is 0.181. The summed E-state index contributed by atoms with van der Waals surface area (Å²) >= 11 is 0. The average Bonchev–Trinajstić information content (AvgIpc) is 3.21. The van der Waals surface area contributed by atoms with E-state index in [-0.39, 0.29) is 0 Å². The summed E-state index contributed by atoms with van der Waals surface area (Å²) in [6.07, 6.45) is 0. The van der Waals surface area contributed by atoms with Crippen LogP contribution in [0.15, 0.2) is 206 Å². The molecule has 0 spiro atoms. The Hall–Kier alpha value is -6.38. The number of aromatic nitrogens is 2. The molecule has 2 aromatic heterocycles. The van der Waals surface area contributed by atoms with Gasteiger partial charge in [0.05, 0.1) is 28.2 Å². The molecule has 50 heavy (non-hydrogen) atoms. The number of hydrogen-bond acceptors (Lipinski definition) is 2. The molecule has 0 N–H and O–H groups in total. The van der Waals surface area contributed by atoms with Crippen LogP contribution in [0.2, 0.25) is 0 Å². The first kappa shape index (κ1) is 29.7. The normalized spacial score (nSPS) is 13.9. The lowest BCUT2D eigenvalue weighted by atomic mass is 9.52. The lowest BCUT2D eigenvalue weighted by Crippen LogP contribution is -2.46. The fourth-order valence-corrected chi connectivity index (χ4v) is 8.24. The summed E-state index contributed by atoms with van der Waals surface area (Å²) in [6.45, 7) is 0. The Labute approximate surface area is 293 Å². The van der Waals surface area contributed by atoms with Crippen molar-refractivity contribution in [3.8, 4) is 22.5 Å². The third-order valence-corrected chi connectivity index (χ3v) is 10.3. The highest BCUT2D eigenvalue weighted by molar-refractivity contribution is 5.75. The molecule has 0 saturated heterocycles. The standard InChI is InChI=1S/C48H34N2/c1-5-19-35(20-6-1)43-31-17-33-45(49-43)48(46-34-18-32-44(50-46)36-21-7-2-8-22-36)41-29-15-13-27-39(41)47(37-23-9-3-10-24-37,38-25-11-4-12-26-38)40-28-14-16-30-42(40)48/h1-34H. The third-order valence-electron chi connectivity index (χ3n) is 10.3. The smallest absolute Gasteiger partial charge is 0.105 e. The van der Waals surface area contributed by atoms with E-state index in [1.807, 2.05) is 12.1 Å². The Kier molecular flexibility index (Phi) is 7.29. The minimum atomic E-state index is -0.837. The lowest BCUT2D eigenvalue weighted by molar-refractivity contribution is 0.593. The predicted octanol–water partition coefficient (Wildman–Crippen LogP) is 10.9. The second-order valence-corrected chi connectivity index (χ2v) is 12.9. The molecular weight excluding hydrogens is 605 g/mol. The highest BCUT2D eigenvalue weighted by Crippen LogP contribution is 2.59. The van der Waals surface area contributed by atoms with Gasteiger partial charge >= 0.3 is 0 Å². The Morgan fingerprint density at radius 3 is 0.960 bits per heavy atom. The molecule has 0 atom stereocenters. The third kappa shape index (κ3) is 4.49. The van der Waals surface area contributed by atoms with Crippen LogP contribution >= 0.6 is 0 Å². The van der Waals surface area contributed by atoms with Gasteiger partial charge in [0, 0.05) is 11.1 Å². The van der Waals surface area contributed by atoms with Crippen LogP contribution in [0, 0.1) is 0 Å². The number of hydrogen-bond donors (Lipinski definition) is 0. The summed E-state index contributed by atoms with van der Waals surface area (Å²) in [4.78, 5) is 11.1. The van der Waals surface area contributed by atoms with E-state index >= 15 is 0 Å². The van der Waals surface area contributed by atoms with Crippen molar-refractivity contribution in [3.63, 3.8) is 0 Å². The number of benzene rings is 6. The largest absolute Gasteiger partial charge is 0.251 e. The molecule has 236 valence electrons. The van der Waals surface area contributed by atoms with E-state index in [1.165, 1.54) is 33.4 Å². The molecule has 2 nitrogen and oxygen atoms in total. The van der Waals surface area contributed by atoms with Crippen molar-refractivity contribution in [2.45, 2.75) is 10.8 Å². The number of fused-ring (bicyclic) bond motifs is 2. The summed E-state index contributed by atoms with van der Waals surface area (Å²) in [7, 11) is 0. The number of rotatable bonds is 6.